The maximum absolute atomic E-state index is 13.2. The summed E-state index contributed by atoms with van der Waals surface area (Å²) in [4.78, 5) is 10.8. The van der Waals surface area contributed by atoms with Crippen LogP contribution in [0.3, 0.4) is 0 Å². The van der Waals surface area contributed by atoms with E-state index < -0.39 is 11.6 Å². The van der Waals surface area contributed by atoms with Crippen LogP contribution in [0.1, 0.15) is 15.9 Å². The Balaban J connectivity index is 2.03. The van der Waals surface area contributed by atoms with Gasteiger partial charge in [0, 0.05) is 29.9 Å². The highest BCUT2D eigenvalue weighted by molar-refractivity contribution is 5.87. The van der Waals surface area contributed by atoms with Crippen molar-refractivity contribution in [1.82, 2.24) is 4.57 Å². The molecular weight excluding hydrogens is 260 g/mol. The lowest BCUT2D eigenvalue weighted by Crippen LogP contribution is -1.99. The van der Waals surface area contributed by atoms with Crippen molar-refractivity contribution in [2.75, 3.05) is 0 Å². The number of aromatic nitrogens is 1. The molecule has 0 saturated carbocycles. The number of carbonyl (C=O) groups excluding carboxylic acids is 1. The molecule has 0 aliphatic heterocycles. The fraction of sp³-hybridized carbons (Fsp3) is 0.0625. The Morgan fingerprint density at radius 3 is 2.45 bits per heavy atom. The minimum atomic E-state index is -0.593. The number of benzene rings is 2. The second kappa shape index (κ2) is 4.89. The lowest BCUT2D eigenvalue weighted by molar-refractivity contribution is 0.112. The van der Waals surface area contributed by atoms with E-state index >= 15 is 0 Å². The van der Waals surface area contributed by atoms with Crippen LogP contribution in [0, 0.1) is 11.6 Å². The highest BCUT2D eigenvalue weighted by Crippen LogP contribution is 2.19. The van der Waals surface area contributed by atoms with E-state index in [0.717, 1.165) is 23.3 Å². The van der Waals surface area contributed by atoms with Crippen molar-refractivity contribution >= 4 is 17.2 Å². The van der Waals surface area contributed by atoms with E-state index in [4.69, 9.17) is 0 Å². The third-order valence-corrected chi connectivity index (χ3v) is 3.21. The van der Waals surface area contributed by atoms with Crippen LogP contribution in [0.2, 0.25) is 0 Å². The quantitative estimate of drug-likeness (QED) is 0.664. The van der Waals surface area contributed by atoms with Gasteiger partial charge in [-0.05, 0) is 35.2 Å². The molecule has 4 heteroatoms. The second-order valence-corrected chi connectivity index (χ2v) is 4.66. The van der Waals surface area contributed by atoms with E-state index in [1.165, 1.54) is 12.1 Å². The first-order valence-electron chi connectivity index (χ1n) is 6.15. The summed E-state index contributed by atoms with van der Waals surface area (Å²) < 4.78 is 28.2. The summed E-state index contributed by atoms with van der Waals surface area (Å²) in [6.07, 6.45) is 2.61. The van der Waals surface area contributed by atoms with Gasteiger partial charge in [0.2, 0.25) is 0 Å². The van der Waals surface area contributed by atoms with E-state index in [2.05, 4.69) is 0 Å². The average molecular weight is 271 g/mol. The van der Waals surface area contributed by atoms with Crippen LogP contribution in [0.5, 0.6) is 0 Å². The van der Waals surface area contributed by atoms with Gasteiger partial charge < -0.3 is 4.57 Å². The third kappa shape index (κ3) is 2.32. The molecule has 0 amide bonds. The lowest BCUT2D eigenvalue weighted by Gasteiger charge is -2.06. The van der Waals surface area contributed by atoms with Crippen LogP contribution in [-0.4, -0.2) is 10.9 Å². The lowest BCUT2D eigenvalue weighted by atomic mass is 10.1. The van der Waals surface area contributed by atoms with Crippen LogP contribution in [0.25, 0.3) is 10.9 Å². The molecule has 2 aromatic carbocycles. The number of hydrogen-bond donors (Lipinski definition) is 0. The molecule has 2 nitrogen and oxygen atoms in total. The first kappa shape index (κ1) is 12.5. The van der Waals surface area contributed by atoms with Crippen molar-refractivity contribution in [2.24, 2.45) is 0 Å². The summed E-state index contributed by atoms with van der Waals surface area (Å²) in [7, 11) is 0. The zero-order chi connectivity index (χ0) is 14.1. The van der Waals surface area contributed by atoms with Crippen molar-refractivity contribution in [1.29, 1.82) is 0 Å². The van der Waals surface area contributed by atoms with Crippen LogP contribution in [-0.2, 0) is 6.54 Å². The summed E-state index contributed by atoms with van der Waals surface area (Å²) in [6, 6.07) is 10.7. The average Bonchev–Trinajstić information content (AvgIpc) is 2.80. The van der Waals surface area contributed by atoms with Gasteiger partial charge in [-0.15, -0.1) is 0 Å². The minimum Gasteiger partial charge on any atom is -0.343 e. The van der Waals surface area contributed by atoms with Crippen LogP contribution in [0.15, 0.2) is 48.7 Å². The van der Waals surface area contributed by atoms with Gasteiger partial charge in [0.1, 0.15) is 17.9 Å². The summed E-state index contributed by atoms with van der Waals surface area (Å²) in [5, 5.41) is 0.979. The zero-order valence-corrected chi connectivity index (χ0v) is 10.5. The van der Waals surface area contributed by atoms with Gasteiger partial charge in [0.05, 0.1) is 0 Å². The fourth-order valence-electron chi connectivity index (χ4n) is 2.31. The first-order chi connectivity index (χ1) is 9.65. The highest BCUT2D eigenvalue weighted by atomic mass is 19.1. The first-order valence-corrected chi connectivity index (χ1v) is 6.15. The molecule has 3 rings (SSSR count). The number of fused-ring (bicyclic) bond motifs is 1. The van der Waals surface area contributed by atoms with E-state index in [1.807, 2.05) is 22.9 Å². The molecule has 3 aromatic rings. The van der Waals surface area contributed by atoms with E-state index in [0.29, 0.717) is 17.7 Å². The Bertz CT molecular complexity index is 772. The van der Waals surface area contributed by atoms with Gasteiger partial charge in [0.25, 0.3) is 0 Å². The van der Waals surface area contributed by atoms with Gasteiger partial charge in [-0.1, -0.05) is 12.1 Å². The molecule has 0 unspecified atom stereocenters. The Hall–Kier alpha value is -2.49. The molecular formula is C16H11F2NO. The predicted molar refractivity (Wildman–Crippen MR) is 72.8 cm³/mol. The number of aldehydes is 1. The van der Waals surface area contributed by atoms with Gasteiger partial charge in [-0.2, -0.15) is 0 Å². The number of carbonyl (C=O) groups is 1. The van der Waals surface area contributed by atoms with Gasteiger partial charge in [-0.3, -0.25) is 4.79 Å². The van der Waals surface area contributed by atoms with Gasteiger partial charge in [0.15, 0.2) is 0 Å². The molecule has 1 aromatic heterocycles. The molecule has 0 saturated heterocycles. The summed E-state index contributed by atoms with van der Waals surface area (Å²) in [6.45, 7) is 0.348. The molecule has 0 aliphatic carbocycles. The standard InChI is InChI=1S/C16H11F2NO/c17-14-5-12(6-15(18)8-14)9-19-4-3-13-2-1-11(10-20)7-16(13)19/h1-8,10H,9H2. The van der Waals surface area contributed by atoms with Crippen molar-refractivity contribution in [2.45, 2.75) is 6.54 Å². The van der Waals surface area contributed by atoms with Crippen LogP contribution in [0.4, 0.5) is 8.78 Å². The molecule has 0 aliphatic rings. The van der Waals surface area contributed by atoms with Gasteiger partial charge in [-0.25, -0.2) is 8.78 Å². The third-order valence-electron chi connectivity index (χ3n) is 3.21. The summed E-state index contributed by atoms with van der Waals surface area (Å²) in [5.41, 5.74) is 1.97. The zero-order valence-electron chi connectivity index (χ0n) is 10.5. The second-order valence-electron chi connectivity index (χ2n) is 4.66. The van der Waals surface area contributed by atoms with Gasteiger partial charge >= 0.3 is 0 Å². The van der Waals surface area contributed by atoms with E-state index in [9.17, 15) is 13.6 Å². The topological polar surface area (TPSA) is 22.0 Å². The summed E-state index contributed by atoms with van der Waals surface area (Å²) >= 11 is 0. The largest absolute Gasteiger partial charge is 0.343 e. The van der Waals surface area contributed by atoms with Crippen LogP contribution < -0.4 is 0 Å². The van der Waals surface area contributed by atoms with Crippen molar-refractivity contribution < 1.29 is 13.6 Å². The molecule has 0 radical (unpaired) electrons. The highest BCUT2D eigenvalue weighted by Gasteiger charge is 2.05. The Morgan fingerprint density at radius 2 is 1.75 bits per heavy atom. The fourth-order valence-corrected chi connectivity index (χ4v) is 2.31. The number of nitrogens with zero attached hydrogens (tertiary/aromatic N) is 1. The Kier molecular flexibility index (Phi) is 3.06. The number of rotatable bonds is 3. The van der Waals surface area contributed by atoms with E-state index in [1.54, 1.807) is 12.1 Å². The molecule has 0 bridgehead atoms. The molecule has 0 spiro atoms. The summed E-state index contributed by atoms with van der Waals surface area (Å²) in [5.74, 6) is -1.19. The SMILES string of the molecule is O=Cc1ccc2ccn(Cc3cc(F)cc(F)c3)c2c1. The molecule has 0 atom stereocenters. The maximum Gasteiger partial charge on any atom is 0.150 e. The van der Waals surface area contributed by atoms with Crippen molar-refractivity contribution in [3.63, 3.8) is 0 Å². The monoisotopic (exact) mass is 271 g/mol. The normalized spacial score (nSPS) is 10.9. The Morgan fingerprint density at radius 1 is 1.00 bits per heavy atom. The molecule has 0 fully saturated rings. The maximum atomic E-state index is 13.2. The molecule has 20 heavy (non-hydrogen) atoms. The van der Waals surface area contributed by atoms with Crippen molar-refractivity contribution in [3.05, 3.63) is 71.4 Å². The number of halogens is 2. The molecule has 1 heterocycles. The molecule has 100 valence electrons. The van der Waals surface area contributed by atoms with Crippen LogP contribution >= 0.6 is 0 Å². The predicted octanol–water partition coefficient (Wildman–Crippen LogP) is 3.78. The Labute approximate surface area is 114 Å². The molecule has 0 N–H and O–H groups in total. The smallest absolute Gasteiger partial charge is 0.150 e. The number of hydrogen-bond acceptors (Lipinski definition) is 1. The van der Waals surface area contributed by atoms with Crippen molar-refractivity contribution in [3.8, 4) is 0 Å². The minimum absolute atomic E-state index is 0.348. The van der Waals surface area contributed by atoms with E-state index in [-0.39, 0.29) is 0 Å².